The molecule has 0 aromatic carbocycles. The molecule has 20 heavy (non-hydrogen) atoms. The second-order valence-corrected chi connectivity index (χ2v) is 6.48. The summed E-state index contributed by atoms with van der Waals surface area (Å²) in [7, 11) is 0. The monoisotopic (exact) mass is 277 g/mol. The van der Waals surface area contributed by atoms with Gasteiger partial charge in [-0.25, -0.2) is 4.98 Å². The van der Waals surface area contributed by atoms with Crippen LogP contribution in [0.5, 0.6) is 0 Å². The Hall–Kier alpha value is -0.870. The first-order valence-corrected chi connectivity index (χ1v) is 8.08. The Morgan fingerprint density at radius 3 is 2.50 bits per heavy atom. The minimum Gasteiger partial charge on any atom is -0.444 e. The van der Waals surface area contributed by atoms with Crippen molar-refractivity contribution >= 4 is 0 Å². The summed E-state index contributed by atoms with van der Waals surface area (Å²) in [5.41, 5.74) is 1.03. The van der Waals surface area contributed by atoms with E-state index in [-0.39, 0.29) is 0 Å². The van der Waals surface area contributed by atoms with E-state index in [4.69, 9.17) is 4.42 Å². The van der Waals surface area contributed by atoms with Gasteiger partial charge in [0.25, 0.3) is 0 Å². The molecule has 2 aliphatic rings. The van der Waals surface area contributed by atoms with Gasteiger partial charge in [0, 0.05) is 18.1 Å². The molecule has 2 bridgehead atoms. The lowest BCUT2D eigenvalue weighted by atomic mass is 9.98. The van der Waals surface area contributed by atoms with Crippen LogP contribution >= 0.6 is 0 Å². The summed E-state index contributed by atoms with van der Waals surface area (Å²) >= 11 is 0. The number of hydrogen-bond acceptors (Lipinski definition) is 4. The molecule has 3 heterocycles. The lowest BCUT2D eigenvalue weighted by molar-refractivity contribution is 0.122. The second kappa shape index (κ2) is 5.86. The lowest BCUT2D eigenvalue weighted by Gasteiger charge is -2.37. The Bertz CT molecular complexity index is 425. The molecule has 2 atom stereocenters. The first-order valence-electron chi connectivity index (χ1n) is 8.08. The summed E-state index contributed by atoms with van der Waals surface area (Å²) in [6.45, 7) is 8.30. The van der Waals surface area contributed by atoms with Crippen molar-refractivity contribution in [1.82, 2.24) is 15.2 Å². The standard InChI is InChI=1S/C16H27N3O/c1-4-7-19(10-16-17-11(2)12(3)20-16)15-8-13-5-6-14(9-15)18-13/h13-15,18H,4-10H2,1-3H3. The van der Waals surface area contributed by atoms with Gasteiger partial charge >= 0.3 is 0 Å². The molecule has 4 nitrogen and oxygen atoms in total. The molecular formula is C16H27N3O. The number of aryl methyl sites for hydroxylation is 2. The third-order valence-corrected chi connectivity index (χ3v) is 4.89. The molecule has 0 aliphatic carbocycles. The first kappa shape index (κ1) is 14.1. The number of rotatable bonds is 5. The van der Waals surface area contributed by atoms with Crippen molar-refractivity contribution in [3.63, 3.8) is 0 Å². The maximum absolute atomic E-state index is 5.78. The number of fused-ring (bicyclic) bond motifs is 2. The van der Waals surface area contributed by atoms with E-state index in [2.05, 4.69) is 22.1 Å². The van der Waals surface area contributed by atoms with Crippen molar-refractivity contribution in [2.45, 2.75) is 77.5 Å². The molecule has 0 amide bonds. The number of hydrogen-bond donors (Lipinski definition) is 1. The highest BCUT2D eigenvalue weighted by molar-refractivity contribution is 5.05. The third kappa shape index (κ3) is 2.91. The maximum atomic E-state index is 5.78. The third-order valence-electron chi connectivity index (χ3n) is 4.89. The molecule has 1 N–H and O–H groups in total. The molecule has 0 radical (unpaired) electrons. The molecule has 0 saturated carbocycles. The van der Waals surface area contributed by atoms with E-state index in [0.717, 1.165) is 42.5 Å². The Morgan fingerprint density at radius 1 is 1.25 bits per heavy atom. The highest BCUT2D eigenvalue weighted by Crippen LogP contribution is 2.30. The molecule has 0 spiro atoms. The van der Waals surface area contributed by atoms with E-state index in [1.54, 1.807) is 0 Å². The summed E-state index contributed by atoms with van der Waals surface area (Å²) < 4.78 is 5.78. The van der Waals surface area contributed by atoms with E-state index in [1.807, 2.05) is 13.8 Å². The van der Waals surface area contributed by atoms with Crippen LogP contribution in [0.2, 0.25) is 0 Å². The number of aromatic nitrogens is 1. The minimum absolute atomic E-state index is 0.696. The molecule has 2 saturated heterocycles. The maximum Gasteiger partial charge on any atom is 0.208 e. The van der Waals surface area contributed by atoms with Crippen molar-refractivity contribution in [2.75, 3.05) is 6.54 Å². The van der Waals surface area contributed by atoms with Gasteiger partial charge in [-0.1, -0.05) is 6.92 Å². The fourth-order valence-electron chi connectivity index (χ4n) is 3.78. The zero-order valence-corrected chi connectivity index (χ0v) is 13.0. The fraction of sp³-hybridized carbons (Fsp3) is 0.812. The van der Waals surface area contributed by atoms with E-state index < -0.39 is 0 Å². The summed E-state index contributed by atoms with van der Waals surface area (Å²) in [4.78, 5) is 7.15. The van der Waals surface area contributed by atoms with Crippen LogP contribution in [-0.4, -0.2) is 34.6 Å². The largest absolute Gasteiger partial charge is 0.444 e. The minimum atomic E-state index is 0.696. The van der Waals surface area contributed by atoms with Crippen LogP contribution in [0.25, 0.3) is 0 Å². The van der Waals surface area contributed by atoms with Crippen LogP contribution in [0.3, 0.4) is 0 Å². The Kier molecular flexibility index (Phi) is 4.13. The molecule has 2 fully saturated rings. The number of nitrogens with zero attached hydrogens (tertiary/aromatic N) is 2. The van der Waals surface area contributed by atoms with Gasteiger partial charge in [-0.3, -0.25) is 4.90 Å². The van der Waals surface area contributed by atoms with Crippen molar-refractivity contribution in [3.05, 3.63) is 17.3 Å². The summed E-state index contributed by atoms with van der Waals surface area (Å²) in [6.07, 6.45) is 6.49. The van der Waals surface area contributed by atoms with Crippen LogP contribution in [0.15, 0.2) is 4.42 Å². The van der Waals surface area contributed by atoms with Gasteiger partial charge in [0.15, 0.2) is 0 Å². The van der Waals surface area contributed by atoms with E-state index in [1.165, 1.54) is 32.1 Å². The average molecular weight is 277 g/mol. The Morgan fingerprint density at radius 2 is 1.95 bits per heavy atom. The van der Waals surface area contributed by atoms with Gasteiger partial charge in [0.2, 0.25) is 5.89 Å². The van der Waals surface area contributed by atoms with Crippen LogP contribution in [0.4, 0.5) is 0 Å². The Balaban J connectivity index is 1.68. The van der Waals surface area contributed by atoms with Gasteiger partial charge in [0.05, 0.1) is 12.2 Å². The predicted octanol–water partition coefficient (Wildman–Crippen LogP) is 2.79. The smallest absolute Gasteiger partial charge is 0.208 e. The summed E-state index contributed by atoms with van der Waals surface area (Å²) in [5.74, 6) is 1.85. The van der Waals surface area contributed by atoms with Crippen molar-refractivity contribution in [3.8, 4) is 0 Å². The van der Waals surface area contributed by atoms with Gasteiger partial charge in [-0.2, -0.15) is 0 Å². The second-order valence-electron chi connectivity index (χ2n) is 6.48. The highest BCUT2D eigenvalue weighted by atomic mass is 16.4. The molecule has 4 heteroatoms. The predicted molar refractivity (Wildman–Crippen MR) is 79.6 cm³/mol. The van der Waals surface area contributed by atoms with E-state index in [9.17, 15) is 0 Å². The fourth-order valence-corrected chi connectivity index (χ4v) is 3.78. The number of piperidine rings is 1. The van der Waals surface area contributed by atoms with Crippen LogP contribution < -0.4 is 5.32 Å². The molecule has 3 rings (SSSR count). The zero-order valence-electron chi connectivity index (χ0n) is 13.0. The normalized spacial score (nSPS) is 29.3. The average Bonchev–Trinajstić information content (AvgIpc) is 2.92. The molecular weight excluding hydrogens is 250 g/mol. The molecule has 2 aliphatic heterocycles. The summed E-state index contributed by atoms with van der Waals surface area (Å²) in [6, 6.07) is 2.18. The van der Waals surface area contributed by atoms with Crippen molar-refractivity contribution in [1.29, 1.82) is 0 Å². The molecule has 2 unspecified atom stereocenters. The lowest BCUT2D eigenvalue weighted by Crippen LogP contribution is -2.48. The van der Waals surface area contributed by atoms with Gasteiger partial charge in [-0.15, -0.1) is 0 Å². The molecule has 1 aromatic rings. The molecule has 1 aromatic heterocycles. The van der Waals surface area contributed by atoms with Crippen LogP contribution in [0, 0.1) is 13.8 Å². The molecule has 112 valence electrons. The van der Waals surface area contributed by atoms with Crippen molar-refractivity contribution < 1.29 is 4.42 Å². The van der Waals surface area contributed by atoms with E-state index >= 15 is 0 Å². The topological polar surface area (TPSA) is 41.3 Å². The van der Waals surface area contributed by atoms with Gasteiger partial charge < -0.3 is 9.73 Å². The summed E-state index contributed by atoms with van der Waals surface area (Å²) in [5, 5.41) is 3.73. The van der Waals surface area contributed by atoms with E-state index in [0.29, 0.717) is 6.04 Å². The zero-order chi connectivity index (χ0) is 14.1. The van der Waals surface area contributed by atoms with Crippen molar-refractivity contribution in [2.24, 2.45) is 0 Å². The quantitative estimate of drug-likeness (QED) is 0.898. The number of oxazole rings is 1. The Labute approximate surface area is 121 Å². The van der Waals surface area contributed by atoms with Crippen LogP contribution in [-0.2, 0) is 6.54 Å². The highest BCUT2D eigenvalue weighted by Gasteiger charge is 2.36. The first-order chi connectivity index (χ1) is 9.65. The van der Waals surface area contributed by atoms with Gasteiger partial charge in [-0.05, 0) is 52.5 Å². The number of nitrogens with one attached hydrogen (secondary N) is 1. The van der Waals surface area contributed by atoms with Gasteiger partial charge in [0.1, 0.15) is 5.76 Å². The SMILES string of the molecule is CCCN(Cc1nc(C)c(C)o1)C1CC2CCC(C1)N2. The van der Waals surface area contributed by atoms with Crippen LogP contribution in [0.1, 0.15) is 56.4 Å².